The van der Waals surface area contributed by atoms with Crippen molar-refractivity contribution >= 4 is 5.91 Å². The van der Waals surface area contributed by atoms with E-state index in [0.717, 1.165) is 12.8 Å². The number of nitrogens with two attached hydrogens (primary N) is 1. The lowest BCUT2D eigenvalue weighted by molar-refractivity contribution is -0.136. The molecule has 0 aliphatic heterocycles. The van der Waals surface area contributed by atoms with Gasteiger partial charge in [0.15, 0.2) is 0 Å². The molecule has 0 saturated heterocycles. The molecular formula is C11H24N2O2. The second kappa shape index (κ2) is 7.65. The molecule has 0 aromatic carbocycles. The smallest absolute Gasteiger partial charge is 0.227 e. The number of nitrogens with zero attached hydrogens (tertiary/aromatic N) is 1. The minimum absolute atomic E-state index is 0.0150. The molecule has 0 aromatic heterocycles. The Bertz CT molecular complexity index is 183. The van der Waals surface area contributed by atoms with Crippen LogP contribution in [-0.4, -0.2) is 41.7 Å². The lowest BCUT2D eigenvalue weighted by Crippen LogP contribution is -2.43. The lowest BCUT2D eigenvalue weighted by Gasteiger charge is -2.26. The van der Waals surface area contributed by atoms with Gasteiger partial charge in [-0.15, -0.1) is 0 Å². The van der Waals surface area contributed by atoms with Crippen molar-refractivity contribution in [2.45, 2.75) is 39.7 Å². The molecule has 0 saturated carbocycles. The Kier molecular flexibility index (Phi) is 7.34. The predicted octanol–water partition coefficient (Wildman–Crippen LogP) is 0.591. The Morgan fingerprint density at radius 1 is 1.40 bits per heavy atom. The van der Waals surface area contributed by atoms with Crippen molar-refractivity contribution in [1.29, 1.82) is 0 Å². The van der Waals surface area contributed by atoms with Gasteiger partial charge in [0.2, 0.25) is 5.91 Å². The zero-order valence-electron chi connectivity index (χ0n) is 10.1. The summed E-state index contributed by atoms with van der Waals surface area (Å²) in [5, 5.41) is 8.88. The first-order chi connectivity index (χ1) is 7.04. The summed E-state index contributed by atoms with van der Waals surface area (Å²) < 4.78 is 0. The van der Waals surface area contributed by atoms with Crippen LogP contribution in [0.2, 0.25) is 0 Å². The van der Waals surface area contributed by atoms with E-state index in [1.54, 1.807) is 4.90 Å². The van der Waals surface area contributed by atoms with E-state index in [-0.39, 0.29) is 24.5 Å². The van der Waals surface area contributed by atoms with Gasteiger partial charge in [0.1, 0.15) is 0 Å². The summed E-state index contributed by atoms with van der Waals surface area (Å²) in [7, 11) is 0. The Hall–Kier alpha value is -0.610. The maximum atomic E-state index is 11.9. The van der Waals surface area contributed by atoms with E-state index in [0.29, 0.717) is 13.1 Å². The van der Waals surface area contributed by atoms with Crippen molar-refractivity contribution in [3.8, 4) is 0 Å². The van der Waals surface area contributed by atoms with Gasteiger partial charge in [-0.05, 0) is 13.3 Å². The minimum atomic E-state index is -0.173. The van der Waals surface area contributed by atoms with Gasteiger partial charge < -0.3 is 15.7 Å². The number of aliphatic hydroxyl groups is 1. The number of rotatable bonds is 7. The molecule has 2 unspecified atom stereocenters. The van der Waals surface area contributed by atoms with Crippen LogP contribution in [0.5, 0.6) is 0 Å². The van der Waals surface area contributed by atoms with Gasteiger partial charge >= 0.3 is 0 Å². The summed E-state index contributed by atoms with van der Waals surface area (Å²) in [4.78, 5) is 13.6. The van der Waals surface area contributed by atoms with Crippen LogP contribution in [0.4, 0.5) is 0 Å². The highest BCUT2D eigenvalue weighted by Gasteiger charge is 2.22. The molecule has 0 radical (unpaired) electrons. The number of carbonyl (C=O) groups is 1. The number of aliphatic hydroxyl groups excluding tert-OH is 1. The van der Waals surface area contributed by atoms with E-state index >= 15 is 0 Å². The van der Waals surface area contributed by atoms with E-state index < -0.39 is 0 Å². The molecule has 0 spiro atoms. The summed E-state index contributed by atoms with van der Waals surface area (Å²) in [5.41, 5.74) is 5.69. The Morgan fingerprint density at radius 3 is 2.40 bits per heavy atom. The first kappa shape index (κ1) is 14.4. The van der Waals surface area contributed by atoms with Crippen LogP contribution in [0.1, 0.15) is 33.6 Å². The van der Waals surface area contributed by atoms with Crippen LogP contribution in [0, 0.1) is 5.92 Å². The normalized spacial score (nSPS) is 14.7. The van der Waals surface area contributed by atoms with E-state index in [2.05, 4.69) is 6.92 Å². The average molecular weight is 216 g/mol. The highest BCUT2D eigenvalue weighted by atomic mass is 16.3. The van der Waals surface area contributed by atoms with Gasteiger partial charge in [0.05, 0.1) is 12.5 Å². The monoisotopic (exact) mass is 216 g/mol. The second-order valence-corrected chi connectivity index (χ2v) is 4.05. The topological polar surface area (TPSA) is 66.6 Å². The number of carbonyl (C=O) groups excluding carboxylic acids is 1. The van der Waals surface area contributed by atoms with Crippen molar-refractivity contribution in [2.24, 2.45) is 11.7 Å². The molecule has 4 nitrogen and oxygen atoms in total. The maximum Gasteiger partial charge on any atom is 0.227 e. The number of hydrogen-bond acceptors (Lipinski definition) is 3. The minimum Gasteiger partial charge on any atom is -0.395 e. The quantitative estimate of drug-likeness (QED) is 0.654. The van der Waals surface area contributed by atoms with Crippen LogP contribution in [0.3, 0.4) is 0 Å². The molecule has 0 aromatic rings. The molecule has 0 rings (SSSR count). The van der Waals surface area contributed by atoms with Gasteiger partial charge in [-0.3, -0.25) is 4.79 Å². The summed E-state index contributed by atoms with van der Waals surface area (Å²) >= 11 is 0. The standard InChI is InChI=1S/C11H24N2O2/c1-4-5-6-13(7-8-14)11(15)9(2)10(3)12/h9-10,14H,4-8,12H2,1-3H3. The van der Waals surface area contributed by atoms with Gasteiger partial charge in [-0.2, -0.15) is 0 Å². The molecular weight excluding hydrogens is 192 g/mol. The van der Waals surface area contributed by atoms with Crippen LogP contribution in [0.15, 0.2) is 0 Å². The van der Waals surface area contributed by atoms with Crippen LogP contribution >= 0.6 is 0 Å². The molecule has 0 aliphatic rings. The molecule has 2 atom stereocenters. The molecule has 1 amide bonds. The molecule has 3 N–H and O–H groups in total. The number of unbranched alkanes of at least 4 members (excludes halogenated alkanes) is 1. The van der Waals surface area contributed by atoms with E-state index in [4.69, 9.17) is 10.8 Å². The molecule has 0 heterocycles. The largest absolute Gasteiger partial charge is 0.395 e. The van der Waals surface area contributed by atoms with Crippen molar-refractivity contribution in [3.63, 3.8) is 0 Å². The molecule has 0 bridgehead atoms. The van der Waals surface area contributed by atoms with E-state index in [1.165, 1.54) is 0 Å². The van der Waals surface area contributed by atoms with Crippen LogP contribution < -0.4 is 5.73 Å². The van der Waals surface area contributed by atoms with Crippen molar-refractivity contribution in [3.05, 3.63) is 0 Å². The molecule has 90 valence electrons. The van der Waals surface area contributed by atoms with Crippen molar-refractivity contribution < 1.29 is 9.90 Å². The fraction of sp³-hybridized carbons (Fsp3) is 0.909. The third kappa shape index (κ3) is 5.14. The summed E-state index contributed by atoms with van der Waals surface area (Å²) in [6, 6.07) is -0.139. The fourth-order valence-electron chi connectivity index (χ4n) is 1.31. The third-order valence-electron chi connectivity index (χ3n) is 2.64. The summed E-state index contributed by atoms with van der Waals surface area (Å²) in [6.07, 6.45) is 2.01. The molecule has 15 heavy (non-hydrogen) atoms. The summed E-state index contributed by atoms with van der Waals surface area (Å²) in [5.74, 6) is -0.124. The lowest BCUT2D eigenvalue weighted by atomic mass is 10.0. The first-order valence-electron chi connectivity index (χ1n) is 5.69. The van der Waals surface area contributed by atoms with Crippen LogP contribution in [0.25, 0.3) is 0 Å². The molecule has 0 aliphatic carbocycles. The summed E-state index contributed by atoms with van der Waals surface area (Å²) in [6.45, 7) is 6.89. The SMILES string of the molecule is CCCCN(CCO)C(=O)C(C)C(C)N. The Morgan fingerprint density at radius 2 is 2.00 bits per heavy atom. The van der Waals surface area contributed by atoms with Crippen LogP contribution in [-0.2, 0) is 4.79 Å². The van der Waals surface area contributed by atoms with E-state index in [1.807, 2.05) is 13.8 Å². The van der Waals surface area contributed by atoms with Crippen molar-refractivity contribution in [1.82, 2.24) is 4.90 Å². The maximum absolute atomic E-state index is 11.9. The van der Waals surface area contributed by atoms with Gasteiger partial charge in [0, 0.05) is 19.1 Å². The highest BCUT2D eigenvalue weighted by Crippen LogP contribution is 2.07. The van der Waals surface area contributed by atoms with Gasteiger partial charge in [-0.1, -0.05) is 20.3 Å². The zero-order chi connectivity index (χ0) is 11.8. The Balaban J connectivity index is 4.26. The predicted molar refractivity (Wildman–Crippen MR) is 61.4 cm³/mol. The number of hydrogen-bond donors (Lipinski definition) is 2. The van der Waals surface area contributed by atoms with Gasteiger partial charge in [-0.25, -0.2) is 0 Å². The number of amides is 1. The van der Waals surface area contributed by atoms with Gasteiger partial charge in [0.25, 0.3) is 0 Å². The molecule has 0 fully saturated rings. The van der Waals surface area contributed by atoms with Crippen molar-refractivity contribution in [2.75, 3.05) is 19.7 Å². The highest BCUT2D eigenvalue weighted by molar-refractivity contribution is 5.79. The zero-order valence-corrected chi connectivity index (χ0v) is 10.1. The third-order valence-corrected chi connectivity index (χ3v) is 2.64. The second-order valence-electron chi connectivity index (χ2n) is 4.05. The fourth-order valence-corrected chi connectivity index (χ4v) is 1.31. The Labute approximate surface area is 92.4 Å². The van der Waals surface area contributed by atoms with E-state index in [9.17, 15) is 4.79 Å². The average Bonchev–Trinajstić information content (AvgIpc) is 2.22. The molecule has 4 heteroatoms. The first-order valence-corrected chi connectivity index (χ1v) is 5.69.